The van der Waals surface area contributed by atoms with Crippen LogP contribution in [0, 0.1) is 12.3 Å². The van der Waals surface area contributed by atoms with Crippen molar-refractivity contribution in [2.45, 2.75) is 45.4 Å². The summed E-state index contributed by atoms with van der Waals surface area (Å²) in [4.78, 5) is 12.2. The molecule has 0 saturated heterocycles. The van der Waals surface area contributed by atoms with Gasteiger partial charge in [0.05, 0.1) is 0 Å². The molecule has 0 aliphatic carbocycles. The van der Waals surface area contributed by atoms with Crippen molar-refractivity contribution in [3.8, 4) is 12.3 Å². The molecular weight excluding hydrogens is 234 g/mol. The topological polar surface area (TPSA) is 29.1 Å². The van der Waals surface area contributed by atoms with Crippen LogP contribution < -0.4 is 5.32 Å². The SMILES string of the molecule is C#CCCCCNC(=O)c1ccccc1C(C)(C)C. The molecule has 0 aliphatic heterocycles. The molecule has 1 aromatic carbocycles. The highest BCUT2D eigenvalue weighted by Gasteiger charge is 2.20. The Morgan fingerprint density at radius 2 is 1.95 bits per heavy atom. The fraction of sp³-hybridized carbons (Fsp3) is 0.471. The highest BCUT2D eigenvalue weighted by Crippen LogP contribution is 2.25. The number of carbonyl (C=O) groups is 1. The van der Waals surface area contributed by atoms with Crippen molar-refractivity contribution < 1.29 is 4.79 Å². The second-order valence-electron chi connectivity index (χ2n) is 5.71. The molecule has 0 atom stereocenters. The summed E-state index contributed by atoms with van der Waals surface area (Å²) in [7, 11) is 0. The van der Waals surface area contributed by atoms with E-state index < -0.39 is 0 Å². The number of unbranched alkanes of at least 4 members (excludes halogenated alkanes) is 2. The van der Waals surface area contributed by atoms with Crippen LogP contribution >= 0.6 is 0 Å². The third-order valence-electron chi connectivity index (χ3n) is 3.01. The van der Waals surface area contributed by atoms with E-state index in [2.05, 4.69) is 32.0 Å². The molecule has 0 radical (unpaired) electrons. The normalized spacial score (nSPS) is 10.8. The molecule has 2 nitrogen and oxygen atoms in total. The van der Waals surface area contributed by atoms with E-state index in [1.54, 1.807) is 0 Å². The number of hydrogen-bond acceptors (Lipinski definition) is 1. The van der Waals surface area contributed by atoms with Crippen LogP contribution in [0.25, 0.3) is 0 Å². The minimum Gasteiger partial charge on any atom is -0.352 e. The molecule has 102 valence electrons. The maximum absolute atomic E-state index is 12.2. The highest BCUT2D eigenvalue weighted by molar-refractivity contribution is 5.96. The van der Waals surface area contributed by atoms with Gasteiger partial charge < -0.3 is 5.32 Å². The van der Waals surface area contributed by atoms with E-state index in [0.717, 1.165) is 30.4 Å². The van der Waals surface area contributed by atoms with Crippen molar-refractivity contribution in [3.05, 3.63) is 35.4 Å². The van der Waals surface area contributed by atoms with E-state index in [4.69, 9.17) is 6.42 Å². The molecule has 0 heterocycles. The van der Waals surface area contributed by atoms with Crippen LogP contribution in [0.3, 0.4) is 0 Å². The fourth-order valence-electron chi connectivity index (χ4n) is 1.98. The number of rotatable bonds is 5. The lowest BCUT2D eigenvalue weighted by molar-refractivity contribution is 0.0951. The zero-order valence-electron chi connectivity index (χ0n) is 12.1. The summed E-state index contributed by atoms with van der Waals surface area (Å²) in [5, 5.41) is 2.96. The first kappa shape index (κ1) is 15.3. The second kappa shape index (κ2) is 6.99. The summed E-state index contributed by atoms with van der Waals surface area (Å²) < 4.78 is 0. The highest BCUT2D eigenvalue weighted by atomic mass is 16.1. The predicted octanol–water partition coefficient (Wildman–Crippen LogP) is 3.52. The monoisotopic (exact) mass is 257 g/mol. The summed E-state index contributed by atoms with van der Waals surface area (Å²) >= 11 is 0. The third kappa shape index (κ3) is 4.79. The molecule has 0 fully saturated rings. The van der Waals surface area contributed by atoms with Gasteiger partial charge in [0.15, 0.2) is 0 Å². The second-order valence-corrected chi connectivity index (χ2v) is 5.71. The molecule has 0 aromatic heterocycles. The molecule has 19 heavy (non-hydrogen) atoms. The third-order valence-corrected chi connectivity index (χ3v) is 3.01. The van der Waals surface area contributed by atoms with Crippen molar-refractivity contribution in [3.63, 3.8) is 0 Å². The largest absolute Gasteiger partial charge is 0.352 e. The van der Waals surface area contributed by atoms with Crippen LogP contribution in [0.15, 0.2) is 24.3 Å². The Hall–Kier alpha value is -1.75. The fourth-order valence-corrected chi connectivity index (χ4v) is 1.98. The average molecular weight is 257 g/mol. The molecule has 0 saturated carbocycles. The standard InChI is InChI=1S/C17H23NO/c1-5-6-7-10-13-18-16(19)14-11-8-9-12-15(14)17(2,3)4/h1,8-9,11-12H,6-7,10,13H2,2-4H3,(H,18,19). The molecule has 2 heteroatoms. The Morgan fingerprint density at radius 3 is 2.58 bits per heavy atom. The Balaban J connectivity index is 2.65. The lowest BCUT2D eigenvalue weighted by Gasteiger charge is -2.22. The Bertz CT molecular complexity index is 463. The first-order valence-electron chi connectivity index (χ1n) is 6.78. The van der Waals surface area contributed by atoms with Crippen LogP contribution in [0.2, 0.25) is 0 Å². The van der Waals surface area contributed by atoms with Gasteiger partial charge in [0, 0.05) is 18.5 Å². The van der Waals surface area contributed by atoms with E-state index in [0.29, 0.717) is 6.54 Å². The zero-order chi connectivity index (χ0) is 14.3. The van der Waals surface area contributed by atoms with Crippen molar-refractivity contribution in [2.24, 2.45) is 0 Å². The summed E-state index contributed by atoms with van der Waals surface area (Å²) in [5.74, 6) is 2.61. The molecule has 0 unspecified atom stereocenters. The Morgan fingerprint density at radius 1 is 1.26 bits per heavy atom. The molecule has 0 bridgehead atoms. The first-order valence-corrected chi connectivity index (χ1v) is 6.78. The zero-order valence-corrected chi connectivity index (χ0v) is 12.1. The number of terminal acetylenes is 1. The van der Waals surface area contributed by atoms with Crippen LogP contribution in [-0.2, 0) is 5.41 Å². The van der Waals surface area contributed by atoms with Crippen molar-refractivity contribution in [1.29, 1.82) is 0 Å². The minimum absolute atomic E-state index is 0.00577. The summed E-state index contributed by atoms with van der Waals surface area (Å²) in [6.45, 7) is 7.03. The van der Waals surface area contributed by atoms with Gasteiger partial charge in [-0.05, 0) is 29.9 Å². The van der Waals surface area contributed by atoms with Gasteiger partial charge in [-0.1, -0.05) is 39.0 Å². The van der Waals surface area contributed by atoms with Gasteiger partial charge in [0.25, 0.3) is 5.91 Å². The van der Waals surface area contributed by atoms with Crippen LogP contribution in [0.4, 0.5) is 0 Å². The number of carbonyl (C=O) groups excluding carboxylic acids is 1. The molecule has 0 spiro atoms. The average Bonchev–Trinajstić information content (AvgIpc) is 2.37. The van der Waals surface area contributed by atoms with Crippen molar-refractivity contribution >= 4 is 5.91 Å². The lowest BCUT2D eigenvalue weighted by Crippen LogP contribution is -2.27. The van der Waals surface area contributed by atoms with Crippen LogP contribution in [0.1, 0.15) is 56.0 Å². The number of benzene rings is 1. The summed E-state index contributed by atoms with van der Waals surface area (Å²) in [6, 6.07) is 7.79. The molecular formula is C17H23NO. The smallest absolute Gasteiger partial charge is 0.251 e. The van der Waals surface area contributed by atoms with Gasteiger partial charge in [-0.2, -0.15) is 0 Å². The molecule has 1 aromatic rings. The maximum Gasteiger partial charge on any atom is 0.251 e. The Labute approximate surface area is 116 Å². The van der Waals surface area contributed by atoms with E-state index in [1.165, 1.54) is 0 Å². The number of hydrogen-bond donors (Lipinski definition) is 1. The maximum atomic E-state index is 12.2. The number of nitrogens with one attached hydrogen (secondary N) is 1. The summed E-state index contributed by atoms with van der Waals surface area (Å²) in [6.07, 6.45) is 7.84. The van der Waals surface area contributed by atoms with Crippen molar-refractivity contribution in [1.82, 2.24) is 5.32 Å². The van der Waals surface area contributed by atoms with Gasteiger partial charge in [-0.25, -0.2) is 0 Å². The van der Waals surface area contributed by atoms with E-state index in [-0.39, 0.29) is 11.3 Å². The lowest BCUT2D eigenvalue weighted by atomic mass is 9.83. The predicted molar refractivity (Wildman–Crippen MR) is 80.2 cm³/mol. The van der Waals surface area contributed by atoms with Gasteiger partial charge >= 0.3 is 0 Å². The van der Waals surface area contributed by atoms with Gasteiger partial charge in [-0.15, -0.1) is 12.3 Å². The molecule has 0 aliphatic rings. The quantitative estimate of drug-likeness (QED) is 0.634. The van der Waals surface area contributed by atoms with E-state index in [9.17, 15) is 4.79 Å². The van der Waals surface area contributed by atoms with E-state index in [1.807, 2.05) is 24.3 Å². The summed E-state index contributed by atoms with van der Waals surface area (Å²) in [5.41, 5.74) is 1.82. The number of amides is 1. The first-order chi connectivity index (χ1) is 8.96. The molecule has 1 N–H and O–H groups in total. The van der Waals surface area contributed by atoms with Gasteiger partial charge in [0.2, 0.25) is 0 Å². The van der Waals surface area contributed by atoms with Crippen LogP contribution in [0.5, 0.6) is 0 Å². The Kier molecular flexibility index (Phi) is 5.63. The van der Waals surface area contributed by atoms with Crippen LogP contribution in [-0.4, -0.2) is 12.5 Å². The van der Waals surface area contributed by atoms with Gasteiger partial charge in [-0.3, -0.25) is 4.79 Å². The van der Waals surface area contributed by atoms with Gasteiger partial charge in [0.1, 0.15) is 0 Å². The van der Waals surface area contributed by atoms with Crippen molar-refractivity contribution in [2.75, 3.05) is 6.54 Å². The van der Waals surface area contributed by atoms with E-state index >= 15 is 0 Å². The molecule has 1 rings (SSSR count). The molecule has 1 amide bonds. The minimum atomic E-state index is -0.0304.